The summed E-state index contributed by atoms with van der Waals surface area (Å²) >= 11 is 0. The molecule has 2 rings (SSSR count). The molecular formula is C13H19NO2. The van der Waals surface area contributed by atoms with Crippen LogP contribution in [0.5, 0.6) is 5.75 Å². The van der Waals surface area contributed by atoms with Crippen LogP contribution >= 0.6 is 0 Å². The fraction of sp³-hybridized carbons (Fsp3) is 0.538. The number of nitrogens with two attached hydrogens (primary N) is 1. The van der Waals surface area contributed by atoms with Crippen LogP contribution in [0.3, 0.4) is 0 Å². The van der Waals surface area contributed by atoms with E-state index in [1.807, 2.05) is 26.0 Å². The van der Waals surface area contributed by atoms with E-state index < -0.39 is 0 Å². The second-order valence-electron chi connectivity index (χ2n) is 4.12. The Balaban J connectivity index is 2.23. The van der Waals surface area contributed by atoms with Crippen molar-refractivity contribution in [2.75, 3.05) is 13.2 Å². The third-order valence-electron chi connectivity index (χ3n) is 3.04. The lowest BCUT2D eigenvalue weighted by molar-refractivity contribution is 0.0568. The zero-order valence-corrected chi connectivity index (χ0v) is 9.90. The van der Waals surface area contributed by atoms with E-state index in [9.17, 15) is 0 Å². The molecule has 2 N–H and O–H groups in total. The molecule has 16 heavy (non-hydrogen) atoms. The quantitative estimate of drug-likeness (QED) is 0.846. The molecule has 2 unspecified atom stereocenters. The summed E-state index contributed by atoms with van der Waals surface area (Å²) in [4.78, 5) is 0. The highest BCUT2D eigenvalue weighted by atomic mass is 16.5. The largest absolute Gasteiger partial charge is 0.493 e. The highest BCUT2D eigenvalue weighted by Gasteiger charge is 2.23. The number of para-hydroxylation sites is 1. The van der Waals surface area contributed by atoms with Crippen molar-refractivity contribution in [1.82, 2.24) is 0 Å². The molecule has 1 aliphatic rings. The Morgan fingerprint density at radius 3 is 3.06 bits per heavy atom. The van der Waals surface area contributed by atoms with Crippen molar-refractivity contribution >= 4 is 0 Å². The minimum absolute atomic E-state index is 0.0145. The molecule has 0 aliphatic carbocycles. The van der Waals surface area contributed by atoms with E-state index in [1.165, 1.54) is 5.56 Å². The van der Waals surface area contributed by atoms with Crippen LogP contribution in [0.2, 0.25) is 0 Å². The Kier molecular flexibility index (Phi) is 3.46. The summed E-state index contributed by atoms with van der Waals surface area (Å²) in [5, 5.41) is 0. The maximum Gasteiger partial charge on any atom is 0.127 e. The lowest BCUT2D eigenvalue weighted by Gasteiger charge is -2.21. The Morgan fingerprint density at radius 2 is 2.31 bits per heavy atom. The van der Waals surface area contributed by atoms with Gasteiger partial charge in [0.1, 0.15) is 5.75 Å². The molecule has 1 heterocycles. The molecule has 2 atom stereocenters. The van der Waals surface area contributed by atoms with E-state index in [0.717, 1.165) is 24.3 Å². The van der Waals surface area contributed by atoms with E-state index in [4.69, 9.17) is 15.2 Å². The summed E-state index contributed by atoms with van der Waals surface area (Å²) in [5.74, 6) is 0.974. The van der Waals surface area contributed by atoms with Gasteiger partial charge in [0.05, 0.1) is 18.8 Å². The number of hydrogen-bond donors (Lipinski definition) is 1. The van der Waals surface area contributed by atoms with Crippen LogP contribution < -0.4 is 10.5 Å². The van der Waals surface area contributed by atoms with Crippen molar-refractivity contribution in [3.05, 3.63) is 29.3 Å². The minimum atomic E-state index is -0.118. The van der Waals surface area contributed by atoms with Gasteiger partial charge in [0.2, 0.25) is 0 Å². The van der Waals surface area contributed by atoms with Crippen molar-refractivity contribution < 1.29 is 9.47 Å². The van der Waals surface area contributed by atoms with Gasteiger partial charge in [-0.3, -0.25) is 0 Å². The topological polar surface area (TPSA) is 44.5 Å². The molecule has 1 aliphatic heterocycles. The summed E-state index contributed by atoms with van der Waals surface area (Å²) in [6, 6.07) is 6.06. The third-order valence-corrected chi connectivity index (χ3v) is 3.04. The fourth-order valence-electron chi connectivity index (χ4n) is 2.12. The van der Waals surface area contributed by atoms with Gasteiger partial charge < -0.3 is 15.2 Å². The molecular weight excluding hydrogens is 202 g/mol. The first-order valence-corrected chi connectivity index (χ1v) is 5.85. The SMILES string of the molecule is CCOC(C)C(N)c1cccc2c1OCC2. The maximum atomic E-state index is 6.19. The van der Waals surface area contributed by atoms with Gasteiger partial charge >= 0.3 is 0 Å². The van der Waals surface area contributed by atoms with Crippen molar-refractivity contribution in [1.29, 1.82) is 0 Å². The van der Waals surface area contributed by atoms with Crippen molar-refractivity contribution in [3.63, 3.8) is 0 Å². The van der Waals surface area contributed by atoms with Gasteiger partial charge in [-0.1, -0.05) is 18.2 Å². The molecule has 3 nitrogen and oxygen atoms in total. The highest BCUT2D eigenvalue weighted by Crippen LogP contribution is 2.34. The molecule has 0 saturated heterocycles. The van der Waals surface area contributed by atoms with Gasteiger partial charge in [-0.15, -0.1) is 0 Å². The van der Waals surface area contributed by atoms with E-state index in [0.29, 0.717) is 6.61 Å². The molecule has 0 amide bonds. The lowest BCUT2D eigenvalue weighted by atomic mass is 9.99. The maximum absolute atomic E-state index is 6.19. The van der Waals surface area contributed by atoms with Crippen LogP contribution in [0.25, 0.3) is 0 Å². The van der Waals surface area contributed by atoms with Crippen LogP contribution in [-0.4, -0.2) is 19.3 Å². The first-order valence-electron chi connectivity index (χ1n) is 5.85. The lowest BCUT2D eigenvalue weighted by Crippen LogP contribution is -2.26. The van der Waals surface area contributed by atoms with Crippen LogP contribution in [0.15, 0.2) is 18.2 Å². The first kappa shape index (κ1) is 11.4. The average molecular weight is 221 g/mol. The molecule has 0 bridgehead atoms. The average Bonchev–Trinajstić information content (AvgIpc) is 2.76. The Bertz CT molecular complexity index is 365. The molecule has 3 heteroatoms. The van der Waals surface area contributed by atoms with Crippen LogP contribution in [-0.2, 0) is 11.2 Å². The number of benzene rings is 1. The van der Waals surface area contributed by atoms with E-state index in [-0.39, 0.29) is 12.1 Å². The summed E-state index contributed by atoms with van der Waals surface area (Å²) < 4.78 is 11.2. The number of fused-ring (bicyclic) bond motifs is 1. The van der Waals surface area contributed by atoms with Crippen molar-refractivity contribution in [2.45, 2.75) is 32.4 Å². The van der Waals surface area contributed by atoms with Crippen molar-refractivity contribution in [2.24, 2.45) is 5.73 Å². The second kappa shape index (κ2) is 4.85. The van der Waals surface area contributed by atoms with Gasteiger partial charge in [-0.2, -0.15) is 0 Å². The molecule has 1 aromatic carbocycles. The normalized spacial score (nSPS) is 17.7. The Labute approximate surface area is 96.5 Å². The number of ether oxygens (including phenoxy) is 2. The minimum Gasteiger partial charge on any atom is -0.493 e. The molecule has 0 fully saturated rings. The zero-order chi connectivity index (χ0) is 11.5. The predicted molar refractivity (Wildman–Crippen MR) is 63.7 cm³/mol. The van der Waals surface area contributed by atoms with Crippen LogP contribution in [0.1, 0.15) is 31.0 Å². The molecule has 0 aromatic heterocycles. The van der Waals surface area contributed by atoms with Gasteiger partial charge in [0.25, 0.3) is 0 Å². The molecule has 0 spiro atoms. The Morgan fingerprint density at radius 1 is 1.50 bits per heavy atom. The molecule has 0 saturated carbocycles. The fourth-order valence-corrected chi connectivity index (χ4v) is 2.12. The summed E-state index contributed by atoms with van der Waals surface area (Å²) in [6.45, 7) is 5.44. The predicted octanol–water partition coefficient (Wildman–Crippen LogP) is 2.05. The van der Waals surface area contributed by atoms with Gasteiger partial charge in [0.15, 0.2) is 0 Å². The molecule has 0 radical (unpaired) electrons. The highest BCUT2D eigenvalue weighted by molar-refractivity contribution is 5.45. The molecule has 1 aromatic rings. The van der Waals surface area contributed by atoms with E-state index in [2.05, 4.69) is 6.07 Å². The van der Waals surface area contributed by atoms with Gasteiger partial charge in [0, 0.05) is 18.6 Å². The van der Waals surface area contributed by atoms with E-state index in [1.54, 1.807) is 0 Å². The monoisotopic (exact) mass is 221 g/mol. The van der Waals surface area contributed by atoms with Gasteiger partial charge in [-0.05, 0) is 19.4 Å². The van der Waals surface area contributed by atoms with Gasteiger partial charge in [-0.25, -0.2) is 0 Å². The number of hydrogen-bond acceptors (Lipinski definition) is 3. The third kappa shape index (κ3) is 2.06. The Hall–Kier alpha value is -1.06. The molecule has 88 valence electrons. The number of rotatable bonds is 4. The van der Waals surface area contributed by atoms with Crippen molar-refractivity contribution in [3.8, 4) is 5.75 Å². The van der Waals surface area contributed by atoms with E-state index >= 15 is 0 Å². The first-order chi connectivity index (χ1) is 7.74. The smallest absolute Gasteiger partial charge is 0.127 e. The standard InChI is InChI=1S/C13H19NO2/c1-3-15-9(2)12(14)11-6-4-5-10-7-8-16-13(10)11/h4-6,9,12H,3,7-8,14H2,1-2H3. The summed E-state index contributed by atoms with van der Waals surface area (Å²) in [6.07, 6.45) is 1.000. The van der Waals surface area contributed by atoms with Crippen LogP contribution in [0.4, 0.5) is 0 Å². The van der Waals surface area contributed by atoms with Crippen LogP contribution in [0, 0.1) is 0 Å². The summed E-state index contributed by atoms with van der Waals surface area (Å²) in [5.41, 5.74) is 8.52. The second-order valence-corrected chi connectivity index (χ2v) is 4.12. The summed E-state index contributed by atoms with van der Waals surface area (Å²) in [7, 11) is 0. The zero-order valence-electron chi connectivity index (χ0n) is 9.90.